The molecule has 0 aliphatic rings. The van der Waals surface area contributed by atoms with Gasteiger partial charge >= 0.3 is 0 Å². The van der Waals surface area contributed by atoms with Crippen molar-refractivity contribution in [2.45, 2.75) is 19.4 Å². The first kappa shape index (κ1) is 14.3. The van der Waals surface area contributed by atoms with Gasteiger partial charge < -0.3 is 5.11 Å². The van der Waals surface area contributed by atoms with E-state index in [1.165, 1.54) is 12.1 Å². The predicted molar refractivity (Wildman–Crippen MR) is 76.3 cm³/mol. The molecule has 1 atom stereocenters. The maximum Gasteiger partial charge on any atom is 0.141 e. The summed E-state index contributed by atoms with van der Waals surface area (Å²) in [5.74, 6) is -0.465. The lowest BCUT2D eigenvalue weighted by molar-refractivity contribution is 0.178. The average molecular weight is 299 g/mol. The number of aryl methyl sites for hydroxylation is 1. The van der Waals surface area contributed by atoms with Crippen molar-refractivity contribution in [1.82, 2.24) is 0 Å². The van der Waals surface area contributed by atoms with Gasteiger partial charge in [-0.15, -0.1) is 0 Å². The summed E-state index contributed by atoms with van der Waals surface area (Å²) in [5.41, 5.74) is 2.45. The van der Waals surface area contributed by atoms with Crippen LogP contribution in [-0.4, -0.2) is 5.11 Å². The fourth-order valence-electron chi connectivity index (χ4n) is 1.90. The topological polar surface area (TPSA) is 20.2 Å². The van der Waals surface area contributed by atoms with Crippen LogP contribution >= 0.6 is 23.2 Å². The van der Waals surface area contributed by atoms with Crippen molar-refractivity contribution in [3.05, 3.63) is 69.0 Å². The molecule has 0 aromatic heterocycles. The minimum Gasteiger partial charge on any atom is -0.388 e. The molecular weight excluding hydrogens is 286 g/mol. The third-order valence-electron chi connectivity index (χ3n) is 2.93. The lowest BCUT2D eigenvalue weighted by Gasteiger charge is -2.13. The van der Waals surface area contributed by atoms with Crippen molar-refractivity contribution < 1.29 is 9.50 Å². The lowest BCUT2D eigenvalue weighted by Crippen LogP contribution is -2.03. The first-order chi connectivity index (χ1) is 8.97. The van der Waals surface area contributed by atoms with Gasteiger partial charge in [0.25, 0.3) is 0 Å². The zero-order valence-electron chi connectivity index (χ0n) is 10.3. The number of halogens is 3. The third kappa shape index (κ3) is 3.47. The molecule has 0 saturated heterocycles. The molecule has 4 heteroatoms. The first-order valence-corrected chi connectivity index (χ1v) is 6.61. The molecular formula is C15H13Cl2FO. The summed E-state index contributed by atoms with van der Waals surface area (Å²) in [4.78, 5) is 0. The van der Waals surface area contributed by atoms with Crippen LogP contribution in [0.2, 0.25) is 10.0 Å². The van der Waals surface area contributed by atoms with Crippen LogP contribution in [0.5, 0.6) is 0 Å². The number of aliphatic hydroxyl groups excluding tert-OH is 1. The highest BCUT2D eigenvalue weighted by molar-refractivity contribution is 6.31. The molecule has 1 N–H and O–H groups in total. The molecule has 0 fully saturated rings. The molecule has 0 heterocycles. The van der Waals surface area contributed by atoms with Gasteiger partial charge in [-0.1, -0.05) is 41.4 Å². The van der Waals surface area contributed by atoms with Crippen molar-refractivity contribution in [3.8, 4) is 0 Å². The maximum atomic E-state index is 13.1. The van der Waals surface area contributed by atoms with E-state index in [0.717, 1.165) is 11.1 Å². The molecule has 0 spiro atoms. The molecule has 0 amide bonds. The zero-order valence-corrected chi connectivity index (χ0v) is 11.8. The summed E-state index contributed by atoms with van der Waals surface area (Å²) in [6.07, 6.45) is -0.405. The summed E-state index contributed by atoms with van der Waals surface area (Å²) < 4.78 is 13.1. The molecule has 100 valence electrons. The number of hydrogen-bond acceptors (Lipinski definition) is 1. The number of hydrogen-bond donors (Lipinski definition) is 1. The standard InChI is InChI=1S/C15H13Cl2FO/c1-9-2-4-11(12(16)6-9)15(19)8-10-3-5-14(18)13(17)7-10/h2-7,15,19H,8H2,1H3. The van der Waals surface area contributed by atoms with E-state index in [1.807, 2.05) is 13.0 Å². The molecule has 2 aromatic carbocycles. The van der Waals surface area contributed by atoms with Gasteiger partial charge in [0.05, 0.1) is 11.1 Å². The van der Waals surface area contributed by atoms with Gasteiger partial charge in [0.1, 0.15) is 5.82 Å². The van der Waals surface area contributed by atoms with Gasteiger partial charge in [-0.2, -0.15) is 0 Å². The van der Waals surface area contributed by atoms with Gasteiger partial charge in [-0.3, -0.25) is 0 Å². The van der Waals surface area contributed by atoms with Crippen molar-refractivity contribution in [2.75, 3.05) is 0 Å². The van der Waals surface area contributed by atoms with Crippen LogP contribution in [0, 0.1) is 12.7 Å². The Hall–Kier alpha value is -1.09. The number of rotatable bonds is 3. The third-order valence-corrected chi connectivity index (χ3v) is 3.54. The number of benzene rings is 2. The Morgan fingerprint density at radius 3 is 2.47 bits per heavy atom. The van der Waals surface area contributed by atoms with Gasteiger partial charge in [-0.25, -0.2) is 4.39 Å². The second kappa shape index (κ2) is 5.91. The zero-order chi connectivity index (χ0) is 14.0. The second-order valence-corrected chi connectivity index (χ2v) is 5.31. The molecule has 2 rings (SSSR count). The monoisotopic (exact) mass is 298 g/mol. The average Bonchev–Trinajstić information content (AvgIpc) is 2.33. The molecule has 0 radical (unpaired) electrons. The minimum atomic E-state index is -0.741. The Morgan fingerprint density at radius 1 is 1.11 bits per heavy atom. The fraction of sp³-hybridized carbons (Fsp3) is 0.200. The lowest BCUT2D eigenvalue weighted by atomic mass is 10.0. The highest BCUT2D eigenvalue weighted by atomic mass is 35.5. The Bertz CT molecular complexity index is 599. The first-order valence-electron chi connectivity index (χ1n) is 5.85. The van der Waals surface area contributed by atoms with Crippen LogP contribution in [0.1, 0.15) is 22.8 Å². The Morgan fingerprint density at radius 2 is 1.84 bits per heavy atom. The smallest absolute Gasteiger partial charge is 0.141 e. The summed E-state index contributed by atoms with van der Waals surface area (Å²) in [5, 5.41) is 10.8. The van der Waals surface area contributed by atoms with E-state index < -0.39 is 11.9 Å². The van der Waals surface area contributed by atoms with Crippen LogP contribution in [0.15, 0.2) is 36.4 Å². The Labute approximate surface area is 121 Å². The van der Waals surface area contributed by atoms with Crippen LogP contribution in [0.25, 0.3) is 0 Å². The van der Waals surface area contributed by atoms with E-state index >= 15 is 0 Å². The summed E-state index contributed by atoms with van der Waals surface area (Å²) in [7, 11) is 0. The van der Waals surface area contributed by atoms with E-state index in [9.17, 15) is 9.50 Å². The largest absolute Gasteiger partial charge is 0.388 e. The molecule has 2 aromatic rings. The van der Waals surface area contributed by atoms with Gasteiger partial charge in [0, 0.05) is 11.4 Å². The van der Waals surface area contributed by atoms with E-state index in [2.05, 4.69) is 0 Å². The van der Waals surface area contributed by atoms with Crippen molar-refractivity contribution in [2.24, 2.45) is 0 Å². The summed E-state index contributed by atoms with van der Waals surface area (Å²) >= 11 is 11.8. The van der Waals surface area contributed by atoms with Gasteiger partial charge in [0.2, 0.25) is 0 Å². The van der Waals surface area contributed by atoms with E-state index in [-0.39, 0.29) is 5.02 Å². The maximum absolute atomic E-state index is 13.1. The molecule has 1 nitrogen and oxygen atoms in total. The van der Waals surface area contributed by atoms with Crippen LogP contribution in [-0.2, 0) is 6.42 Å². The highest BCUT2D eigenvalue weighted by Crippen LogP contribution is 2.27. The second-order valence-electron chi connectivity index (χ2n) is 4.49. The molecule has 0 saturated carbocycles. The summed E-state index contributed by atoms with van der Waals surface area (Å²) in [6, 6.07) is 9.91. The van der Waals surface area contributed by atoms with E-state index in [0.29, 0.717) is 17.0 Å². The van der Waals surface area contributed by atoms with Crippen LogP contribution < -0.4 is 0 Å². The summed E-state index contributed by atoms with van der Waals surface area (Å²) in [6.45, 7) is 1.93. The number of aliphatic hydroxyl groups is 1. The Kier molecular flexibility index (Phi) is 4.46. The Balaban J connectivity index is 2.20. The quantitative estimate of drug-likeness (QED) is 0.869. The van der Waals surface area contributed by atoms with E-state index in [4.69, 9.17) is 23.2 Å². The minimum absolute atomic E-state index is 0.0553. The fourth-order valence-corrected chi connectivity index (χ4v) is 2.47. The normalized spacial score (nSPS) is 12.5. The van der Waals surface area contributed by atoms with E-state index in [1.54, 1.807) is 18.2 Å². The molecule has 1 unspecified atom stereocenters. The molecule has 19 heavy (non-hydrogen) atoms. The van der Waals surface area contributed by atoms with Crippen LogP contribution in [0.4, 0.5) is 4.39 Å². The highest BCUT2D eigenvalue weighted by Gasteiger charge is 2.13. The van der Waals surface area contributed by atoms with Crippen molar-refractivity contribution in [1.29, 1.82) is 0 Å². The molecule has 0 aliphatic carbocycles. The van der Waals surface area contributed by atoms with Gasteiger partial charge in [-0.05, 0) is 41.8 Å². The predicted octanol–water partition coefficient (Wildman–Crippen LogP) is 4.72. The van der Waals surface area contributed by atoms with Crippen molar-refractivity contribution >= 4 is 23.2 Å². The molecule has 0 bridgehead atoms. The van der Waals surface area contributed by atoms with Gasteiger partial charge in [0.15, 0.2) is 0 Å². The van der Waals surface area contributed by atoms with Crippen molar-refractivity contribution in [3.63, 3.8) is 0 Å². The SMILES string of the molecule is Cc1ccc(C(O)Cc2ccc(F)c(Cl)c2)c(Cl)c1. The van der Waals surface area contributed by atoms with Crippen LogP contribution in [0.3, 0.4) is 0 Å². The molecule has 0 aliphatic heterocycles.